The van der Waals surface area contributed by atoms with Crippen molar-refractivity contribution in [2.75, 3.05) is 20.1 Å². The smallest absolute Gasteiger partial charge is 0.208 e. The molecule has 3 N–H and O–H groups in total. The quantitative estimate of drug-likeness (QED) is 0.232. The van der Waals surface area contributed by atoms with Crippen molar-refractivity contribution in [3.05, 3.63) is 0 Å². The Labute approximate surface area is 93.9 Å². The van der Waals surface area contributed by atoms with Gasteiger partial charge in [-0.2, -0.15) is 0 Å². The lowest BCUT2D eigenvalue weighted by atomic mass is 10.1. The first-order valence-electron chi connectivity index (χ1n) is 5.84. The fraction of sp³-hybridized carbons (Fsp3) is 0.909. The summed E-state index contributed by atoms with van der Waals surface area (Å²) in [5.74, 6) is 6.95. The van der Waals surface area contributed by atoms with Crippen LogP contribution in [-0.2, 0) is 0 Å². The van der Waals surface area contributed by atoms with Crippen molar-refractivity contribution < 1.29 is 0 Å². The maximum atomic E-state index is 5.44. The largest absolute Gasteiger partial charge is 0.345 e. The van der Waals surface area contributed by atoms with Crippen LogP contribution in [0.4, 0.5) is 0 Å². The highest BCUT2D eigenvalue weighted by Crippen LogP contribution is 2.00. The van der Waals surface area contributed by atoms with E-state index in [1.54, 1.807) is 0 Å². The average Bonchev–Trinajstić information content (AvgIpc) is 2.21. The number of hydrogen-bond acceptors (Lipinski definition) is 2. The zero-order chi connectivity index (χ0) is 11.7. The van der Waals surface area contributed by atoms with Gasteiger partial charge in [-0.05, 0) is 18.8 Å². The van der Waals surface area contributed by atoms with Gasteiger partial charge in [-0.25, -0.2) is 5.84 Å². The van der Waals surface area contributed by atoms with E-state index >= 15 is 0 Å². The summed E-state index contributed by atoms with van der Waals surface area (Å²) >= 11 is 0. The molecule has 0 aromatic carbocycles. The van der Waals surface area contributed by atoms with Crippen molar-refractivity contribution in [1.82, 2.24) is 10.3 Å². The monoisotopic (exact) mass is 214 g/mol. The number of hydrazine groups is 1. The van der Waals surface area contributed by atoms with Crippen LogP contribution in [0.25, 0.3) is 0 Å². The summed E-state index contributed by atoms with van der Waals surface area (Å²) in [5.41, 5.74) is 2.66. The third-order valence-corrected chi connectivity index (χ3v) is 2.31. The highest BCUT2D eigenvalue weighted by Gasteiger charge is 2.04. The first-order valence-corrected chi connectivity index (χ1v) is 5.84. The number of rotatable bonds is 6. The molecule has 0 aliphatic carbocycles. The van der Waals surface area contributed by atoms with Crippen LogP contribution in [0.1, 0.15) is 40.0 Å². The van der Waals surface area contributed by atoms with Gasteiger partial charge in [-0.15, -0.1) is 0 Å². The first kappa shape index (κ1) is 14.2. The summed E-state index contributed by atoms with van der Waals surface area (Å²) < 4.78 is 0. The Hall–Kier alpha value is -0.770. The molecule has 0 fully saturated rings. The maximum absolute atomic E-state index is 5.44. The van der Waals surface area contributed by atoms with Crippen LogP contribution in [0.2, 0.25) is 0 Å². The molecular formula is C11H26N4. The van der Waals surface area contributed by atoms with Crippen molar-refractivity contribution in [1.29, 1.82) is 0 Å². The van der Waals surface area contributed by atoms with Gasteiger partial charge < -0.3 is 4.90 Å². The Bertz CT molecular complexity index is 177. The number of nitrogens with two attached hydrogens (primary N) is 1. The Morgan fingerprint density at radius 2 is 2.13 bits per heavy atom. The number of unbranched alkanes of at least 4 members (excludes halogenated alkanes) is 1. The van der Waals surface area contributed by atoms with Gasteiger partial charge in [0.1, 0.15) is 0 Å². The van der Waals surface area contributed by atoms with Crippen LogP contribution < -0.4 is 11.3 Å². The van der Waals surface area contributed by atoms with E-state index in [0.717, 1.165) is 38.3 Å². The highest BCUT2D eigenvalue weighted by atomic mass is 15.4. The van der Waals surface area contributed by atoms with Gasteiger partial charge >= 0.3 is 0 Å². The molecule has 0 rings (SSSR count). The predicted molar refractivity (Wildman–Crippen MR) is 66.6 cm³/mol. The number of nitrogens with zero attached hydrogens (tertiary/aromatic N) is 2. The lowest BCUT2D eigenvalue weighted by Crippen LogP contribution is -2.43. The maximum Gasteiger partial charge on any atom is 0.208 e. The Morgan fingerprint density at radius 3 is 2.60 bits per heavy atom. The van der Waals surface area contributed by atoms with Gasteiger partial charge in [-0.1, -0.05) is 27.2 Å². The number of aliphatic imine (C=N–C) groups is 1. The summed E-state index contributed by atoms with van der Waals surface area (Å²) in [6.45, 7) is 8.44. The highest BCUT2D eigenvalue weighted by molar-refractivity contribution is 5.79. The molecule has 0 aromatic heterocycles. The van der Waals surface area contributed by atoms with E-state index in [4.69, 9.17) is 5.84 Å². The molecule has 4 heteroatoms. The molecule has 15 heavy (non-hydrogen) atoms. The fourth-order valence-electron chi connectivity index (χ4n) is 1.18. The van der Waals surface area contributed by atoms with E-state index in [1.165, 1.54) is 0 Å². The third-order valence-electron chi connectivity index (χ3n) is 2.31. The number of nitrogens with one attached hydrogen (secondary N) is 1. The molecule has 0 amide bonds. The van der Waals surface area contributed by atoms with Gasteiger partial charge in [0.2, 0.25) is 5.96 Å². The van der Waals surface area contributed by atoms with E-state index in [1.807, 2.05) is 7.05 Å². The summed E-state index contributed by atoms with van der Waals surface area (Å²) in [4.78, 5) is 6.50. The molecule has 0 heterocycles. The molecule has 0 radical (unpaired) electrons. The van der Waals surface area contributed by atoms with E-state index < -0.39 is 0 Å². The van der Waals surface area contributed by atoms with Gasteiger partial charge in [-0.3, -0.25) is 10.4 Å². The molecule has 0 aliphatic heterocycles. The molecule has 0 saturated carbocycles. The minimum atomic E-state index is 0.710. The summed E-state index contributed by atoms with van der Waals surface area (Å²) in [7, 11) is 2.02. The van der Waals surface area contributed by atoms with Crippen molar-refractivity contribution in [2.24, 2.45) is 16.8 Å². The van der Waals surface area contributed by atoms with E-state index in [0.29, 0.717) is 5.92 Å². The van der Waals surface area contributed by atoms with Gasteiger partial charge in [0.15, 0.2) is 0 Å². The molecule has 90 valence electrons. The van der Waals surface area contributed by atoms with Crippen LogP contribution in [-0.4, -0.2) is 31.0 Å². The van der Waals surface area contributed by atoms with E-state index in [2.05, 4.69) is 36.1 Å². The molecule has 0 saturated heterocycles. The van der Waals surface area contributed by atoms with Gasteiger partial charge in [0.25, 0.3) is 0 Å². The SMILES string of the molecule is CCCCN=C(NN)N(C)CCC(C)C. The van der Waals surface area contributed by atoms with Crippen LogP contribution in [0.5, 0.6) is 0 Å². The van der Waals surface area contributed by atoms with E-state index in [9.17, 15) is 0 Å². The first-order chi connectivity index (χ1) is 7.11. The van der Waals surface area contributed by atoms with Crippen LogP contribution in [0, 0.1) is 5.92 Å². The predicted octanol–water partition coefficient (Wildman–Crippen LogP) is 1.58. The molecular weight excluding hydrogens is 188 g/mol. The topological polar surface area (TPSA) is 53.6 Å². The molecule has 0 aromatic rings. The second-order valence-electron chi connectivity index (χ2n) is 4.31. The lowest BCUT2D eigenvalue weighted by molar-refractivity contribution is 0.424. The summed E-state index contributed by atoms with van der Waals surface area (Å²) in [6.07, 6.45) is 3.44. The van der Waals surface area contributed by atoms with Gasteiger partial charge in [0, 0.05) is 20.1 Å². The minimum Gasteiger partial charge on any atom is -0.345 e. The molecule has 0 unspecified atom stereocenters. The van der Waals surface area contributed by atoms with Crippen LogP contribution >= 0.6 is 0 Å². The van der Waals surface area contributed by atoms with Crippen LogP contribution in [0.15, 0.2) is 4.99 Å². The second kappa shape index (κ2) is 8.53. The zero-order valence-electron chi connectivity index (χ0n) is 10.6. The van der Waals surface area contributed by atoms with Crippen molar-refractivity contribution in [2.45, 2.75) is 40.0 Å². The standard InChI is InChI=1S/C11H26N4/c1-5-6-8-13-11(14-12)15(4)9-7-10(2)3/h10H,5-9,12H2,1-4H3,(H,13,14). The molecule has 0 aliphatic rings. The molecule has 0 atom stereocenters. The molecule has 4 nitrogen and oxygen atoms in total. The summed E-state index contributed by atoms with van der Waals surface area (Å²) in [5, 5.41) is 0. The van der Waals surface area contributed by atoms with E-state index in [-0.39, 0.29) is 0 Å². The second-order valence-corrected chi connectivity index (χ2v) is 4.31. The van der Waals surface area contributed by atoms with Crippen LogP contribution in [0.3, 0.4) is 0 Å². The fourth-order valence-corrected chi connectivity index (χ4v) is 1.18. The average molecular weight is 214 g/mol. The normalized spacial score (nSPS) is 12.0. The number of hydrogen-bond donors (Lipinski definition) is 2. The van der Waals surface area contributed by atoms with Gasteiger partial charge in [0.05, 0.1) is 0 Å². The molecule has 0 bridgehead atoms. The molecule has 0 spiro atoms. The third kappa shape index (κ3) is 7.19. The number of guanidine groups is 1. The minimum absolute atomic E-state index is 0.710. The lowest BCUT2D eigenvalue weighted by Gasteiger charge is -2.21. The Morgan fingerprint density at radius 1 is 1.47 bits per heavy atom. The van der Waals surface area contributed by atoms with Crippen molar-refractivity contribution in [3.8, 4) is 0 Å². The zero-order valence-corrected chi connectivity index (χ0v) is 10.6. The van der Waals surface area contributed by atoms with Crippen molar-refractivity contribution in [3.63, 3.8) is 0 Å². The summed E-state index contributed by atoms with van der Waals surface area (Å²) in [6, 6.07) is 0. The van der Waals surface area contributed by atoms with Crippen molar-refractivity contribution >= 4 is 5.96 Å². The Kier molecular flexibility index (Phi) is 8.09. The Balaban J connectivity index is 3.97.